The van der Waals surface area contributed by atoms with Gasteiger partial charge in [-0.05, 0) is 77.5 Å². The predicted molar refractivity (Wildman–Crippen MR) is 120 cm³/mol. The molecule has 0 radical (unpaired) electrons. The van der Waals surface area contributed by atoms with Crippen LogP contribution in [0.1, 0.15) is 16.1 Å². The summed E-state index contributed by atoms with van der Waals surface area (Å²) < 4.78 is 2.83. The van der Waals surface area contributed by atoms with Crippen molar-refractivity contribution in [3.63, 3.8) is 0 Å². The average Bonchev–Trinajstić information content (AvgIpc) is 3.09. The number of aromatic nitrogens is 1. The molecule has 0 aliphatic heterocycles. The van der Waals surface area contributed by atoms with Crippen LogP contribution in [0.5, 0.6) is 0 Å². The standard InChI is InChI=1S/C23H17IN2O2/c1-15-5-7-16(8-6-15)20-14-19-4-2-3-13-26(19)21(20)22(27)23(28)25-18-11-9-17(24)10-12-18/h2-14H,1H3,(H,25,28). The third-order valence-electron chi connectivity index (χ3n) is 4.57. The van der Waals surface area contributed by atoms with Crippen LogP contribution >= 0.6 is 22.6 Å². The zero-order valence-corrected chi connectivity index (χ0v) is 17.3. The highest BCUT2D eigenvalue weighted by Crippen LogP contribution is 2.29. The molecule has 5 heteroatoms. The number of halogens is 1. The van der Waals surface area contributed by atoms with Crippen LogP contribution in [0.3, 0.4) is 0 Å². The van der Waals surface area contributed by atoms with Crippen molar-refractivity contribution >= 4 is 45.5 Å². The van der Waals surface area contributed by atoms with Crippen LogP contribution in [-0.2, 0) is 4.79 Å². The van der Waals surface area contributed by atoms with Gasteiger partial charge in [0.05, 0.1) is 0 Å². The normalized spacial score (nSPS) is 10.8. The van der Waals surface area contributed by atoms with E-state index >= 15 is 0 Å². The third kappa shape index (κ3) is 3.57. The van der Waals surface area contributed by atoms with Crippen LogP contribution in [0, 0.1) is 10.5 Å². The van der Waals surface area contributed by atoms with Gasteiger partial charge in [0, 0.05) is 26.5 Å². The molecule has 1 N–H and O–H groups in total. The number of hydrogen-bond donors (Lipinski definition) is 1. The first-order chi connectivity index (χ1) is 13.5. The Bertz CT molecular complexity index is 1180. The maximum absolute atomic E-state index is 13.1. The molecule has 0 saturated carbocycles. The van der Waals surface area contributed by atoms with Gasteiger partial charge >= 0.3 is 0 Å². The Balaban J connectivity index is 1.76. The minimum absolute atomic E-state index is 0.363. The molecule has 0 bridgehead atoms. The minimum Gasteiger partial charge on any atom is -0.319 e. The van der Waals surface area contributed by atoms with Gasteiger partial charge in [0.1, 0.15) is 5.69 Å². The Kier molecular flexibility index (Phi) is 5.00. The topological polar surface area (TPSA) is 50.6 Å². The number of nitrogens with one attached hydrogen (secondary N) is 1. The van der Waals surface area contributed by atoms with Crippen LogP contribution in [0.15, 0.2) is 79.0 Å². The van der Waals surface area contributed by atoms with Crippen molar-refractivity contribution in [2.24, 2.45) is 0 Å². The van der Waals surface area contributed by atoms with Crippen LogP contribution in [0.2, 0.25) is 0 Å². The van der Waals surface area contributed by atoms with Crippen LogP contribution in [-0.4, -0.2) is 16.1 Å². The first kappa shape index (κ1) is 18.4. The molecule has 1 amide bonds. The van der Waals surface area contributed by atoms with Crippen molar-refractivity contribution in [1.82, 2.24) is 4.40 Å². The van der Waals surface area contributed by atoms with Gasteiger partial charge in [-0.15, -0.1) is 0 Å². The highest BCUT2D eigenvalue weighted by Gasteiger charge is 2.24. The number of aryl methyl sites for hydroxylation is 1. The van der Waals surface area contributed by atoms with Crippen LogP contribution in [0.25, 0.3) is 16.6 Å². The van der Waals surface area contributed by atoms with Crippen LogP contribution < -0.4 is 5.32 Å². The number of carbonyl (C=O) groups is 2. The Labute approximate surface area is 176 Å². The first-order valence-electron chi connectivity index (χ1n) is 8.81. The Morgan fingerprint density at radius 3 is 2.36 bits per heavy atom. The number of carbonyl (C=O) groups excluding carboxylic acids is 2. The van der Waals surface area contributed by atoms with Gasteiger partial charge in [0.25, 0.3) is 11.7 Å². The SMILES string of the molecule is Cc1ccc(-c2cc3ccccn3c2C(=O)C(=O)Nc2ccc(I)cc2)cc1. The molecule has 4 aromatic rings. The monoisotopic (exact) mass is 480 g/mol. The minimum atomic E-state index is -0.654. The lowest BCUT2D eigenvalue weighted by Gasteiger charge is -2.08. The van der Waals surface area contributed by atoms with Crippen molar-refractivity contribution in [3.05, 3.63) is 93.8 Å². The van der Waals surface area contributed by atoms with Crippen LogP contribution in [0.4, 0.5) is 5.69 Å². The molecule has 138 valence electrons. The number of nitrogens with zero attached hydrogens (tertiary/aromatic N) is 1. The number of anilines is 1. The molecule has 2 heterocycles. The van der Waals surface area contributed by atoms with Gasteiger partial charge in [0.2, 0.25) is 0 Å². The summed E-state index contributed by atoms with van der Waals surface area (Å²) in [6.45, 7) is 2.01. The number of benzene rings is 2. The highest BCUT2D eigenvalue weighted by atomic mass is 127. The van der Waals surface area contributed by atoms with Crippen molar-refractivity contribution in [2.75, 3.05) is 5.32 Å². The van der Waals surface area contributed by atoms with E-state index in [0.717, 1.165) is 25.8 Å². The molecule has 0 unspecified atom stereocenters. The largest absolute Gasteiger partial charge is 0.319 e. The Morgan fingerprint density at radius 1 is 0.929 bits per heavy atom. The molecular weight excluding hydrogens is 463 g/mol. The number of ketones is 1. The van der Waals surface area contributed by atoms with E-state index in [2.05, 4.69) is 27.9 Å². The summed E-state index contributed by atoms with van der Waals surface area (Å²) in [7, 11) is 0. The van der Waals surface area contributed by atoms with Crippen molar-refractivity contribution in [1.29, 1.82) is 0 Å². The van der Waals surface area contributed by atoms with Gasteiger partial charge in [0.15, 0.2) is 0 Å². The number of fused-ring (bicyclic) bond motifs is 1. The molecule has 0 atom stereocenters. The average molecular weight is 480 g/mol. The first-order valence-corrected chi connectivity index (χ1v) is 9.89. The van der Waals surface area contributed by atoms with Crippen molar-refractivity contribution < 1.29 is 9.59 Å². The lowest BCUT2D eigenvalue weighted by molar-refractivity contribution is -0.112. The number of pyridine rings is 1. The van der Waals surface area contributed by atoms with E-state index in [1.165, 1.54) is 0 Å². The maximum Gasteiger partial charge on any atom is 0.298 e. The van der Waals surface area contributed by atoms with E-state index in [1.807, 2.05) is 67.6 Å². The number of rotatable bonds is 4. The van der Waals surface area contributed by atoms with Crippen molar-refractivity contribution in [3.8, 4) is 11.1 Å². The molecule has 0 saturated heterocycles. The smallest absolute Gasteiger partial charge is 0.298 e. The van der Waals surface area contributed by atoms with Gasteiger partial charge in [-0.3, -0.25) is 9.59 Å². The van der Waals surface area contributed by atoms with Crippen molar-refractivity contribution in [2.45, 2.75) is 6.92 Å². The third-order valence-corrected chi connectivity index (χ3v) is 5.28. The Morgan fingerprint density at radius 2 is 1.64 bits per heavy atom. The van der Waals surface area contributed by atoms with Gasteiger partial charge in [-0.1, -0.05) is 35.9 Å². The highest BCUT2D eigenvalue weighted by molar-refractivity contribution is 14.1. The predicted octanol–water partition coefficient (Wildman–Crippen LogP) is 5.34. The molecule has 4 rings (SSSR count). The molecule has 28 heavy (non-hydrogen) atoms. The zero-order chi connectivity index (χ0) is 19.7. The molecule has 0 fully saturated rings. The summed E-state index contributed by atoms with van der Waals surface area (Å²) in [5.74, 6) is -1.22. The summed E-state index contributed by atoms with van der Waals surface area (Å²) in [5.41, 5.74) is 4.60. The lowest BCUT2D eigenvalue weighted by Crippen LogP contribution is -2.24. The van der Waals surface area contributed by atoms with E-state index in [4.69, 9.17) is 0 Å². The summed E-state index contributed by atoms with van der Waals surface area (Å²) in [6.07, 6.45) is 1.80. The quantitative estimate of drug-likeness (QED) is 0.244. The molecule has 0 aliphatic rings. The molecule has 2 aromatic heterocycles. The number of amides is 1. The fourth-order valence-corrected chi connectivity index (χ4v) is 3.50. The zero-order valence-electron chi connectivity index (χ0n) is 15.1. The van der Waals surface area contributed by atoms with Gasteiger partial charge < -0.3 is 9.72 Å². The van der Waals surface area contributed by atoms with E-state index in [-0.39, 0.29) is 0 Å². The second-order valence-corrected chi connectivity index (χ2v) is 7.80. The summed E-state index contributed by atoms with van der Waals surface area (Å²) >= 11 is 2.19. The van der Waals surface area contributed by atoms with E-state index < -0.39 is 11.7 Å². The second-order valence-electron chi connectivity index (χ2n) is 6.56. The number of Topliss-reactive ketones (excluding diaryl/α,β-unsaturated/α-hetero) is 1. The summed E-state index contributed by atoms with van der Waals surface area (Å²) in [5, 5.41) is 2.70. The summed E-state index contributed by atoms with van der Waals surface area (Å²) in [6, 6.07) is 22.9. The Hall–Kier alpha value is -2.93. The molecule has 0 aliphatic carbocycles. The molecular formula is C23H17IN2O2. The fraction of sp³-hybridized carbons (Fsp3) is 0.0435. The second kappa shape index (κ2) is 7.59. The van der Waals surface area contributed by atoms with Gasteiger partial charge in [-0.2, -0.15) is 0 Å². The van der Waals surface area contributed by atoms with E-state index in [9.17, 15) is 9.59 Å². The lowest BCUT2D eigenvalue weighted by atomic mass is 10.0. The molecule has 4 nitrogen and oxygen atoms in total. The fourth-order valence-electron chi connectivity index (χ4n) is 3.14. The number of hydrogen-bond acceptors (Lipinski definition) is 2. The van der Waals surface area contributed by atoms with Gasteiger partial charge in [-0.25, -0.2) is 0 Å². The molecule has 0 spiro atoms. The molecule has 2 aromatic carbocycles. The van der Waals surface area contributed by atoms with E-state index in [0.29, 0.717) is 11.4 Å². The summed E-state index contributed by atoms with van der Waals surface area (Å²) in [4.78, 5) is 25.8. The van der Waals surface area contributed by atoms with E-state index in [1.54, 1.807) is 22.7 Å². The maximum atomic E-state index is 13.1.